The van der Waals surface area contributed by atoms with Crippen LogP contribution in [-0.4, -0.2) is 16.2 Å². The molecule has 0 saturated carbocycles. The fourth-order valence-corrected chi connectivity index (χ4v) is 2.52. The second kappa shape index (κ2) is 5.29. The van der Waals surface area contributed by atoms with Gasteiger partial charge in [0.2, 0.25) is 0 Å². The minimum atomic E-state index is 0.144. The lowest BCUT2D eigenvalue weighted by Gasteiger charge is -2.05. The van der Waals surface area contributed by atoms with Gasteiger partial charge in [-0.05, 0) is 18.6 Å². The van der Waals surface area contributed by atoms with Crippen LogP contribution in [0.4, 0.5) is 0 Å². The summed E-state index contributed by atoms with van der Waals surface area (Å²) in [6.07, 6.45) is 4.26. The summed E-state index contributed by atoms with van der Waals surface area (Å²) in [6, 6.07) is 14.3. The van der Waals surface area contributed by atoms with Crippen molar-refractivity contribution in [2.75, 3.05) is 0 Å². The third-order valence-electron chi connectivity index (χ3n) is 3.65. The molecule has 0 bridgehead atoms. The van der Waals surface area contributed by atoms with Crippen LogP contribution in [0.15, 0.2) is 48.7 Å². The van der Waals surface area contributed by atoms with E-state index in [1.807, 2.05) is 30.5 Å². The molecule has 0 radical (unpaired) electrons. The van der Waals surface area contributed by atoms with Crippen LogP contribution in [0, 0.1) is 5.41 Å². The quantitative estimate of drug-likeness (QED) is 0.674. The molecule has 20 heavy (non-hydrogen) atoms. The maximum absolute atomic E-state index is 7.53. The summed E-state index contributed by atoms with van der Waals surface area (Å²) < 4.78 is 0. The fourth-order valence-electron chi connectivity index (χ4n) is 2.52. The van der Waals surface area contributed by atoms with E-state index in [2.05, 4.69) is 35.1 Å². The van der Waals surface area contributed by atoms with Crippen LogP contribution in [0.3, 0.4) is 0 Å². The summed E-state index contributed by atoms with van der Waals surface area (Å²) in [5.41, 5.74) is 4.21. The molecule has 100 valence electrons. The van der Waals surface area contributed by atoms with E-state index in [1.54, 1.807) is 0 Å². The molecule has 3 heteroatoms. The Morgan fingerprint density at radius 1 is 1.25 bits per heavy atom. The zero-order valence-corrected chi connectivity index (χ0v) is 11.4. The first kappa shape index (κ1) is 12.6. The van der Waals surface area contributed by atoms with E-state index in [0.717, 1.165) is 34.3 Å². The van der Waals surface area contributed by atoms with Gasteiger partial charge in [0.1, 0.15) is 0 Å². The predicted molar refractivity (Wildman–Crippen MR) is 83.3 cm³/mol. The second-order valence-electron chi connectivity index (χ2n) is 4.90. The monoisotopic (exact) mass is 263 g/mol. The first-order valence-electron chi connectivity index (χ1n) is 6.87. The number of pyridine rings is 1. The van der Waals surface area contributed by atoms with Crippen LogP contribution >= 0.6 is 0 Å². The fraction of sp³-hybridized carbons (Fsp3) is 0.176. The Balaban J connectivity index is 2.17. The van der Waals surface area contributed by atoms with Gasteiger partial charge in [-0.3, -0.25) is 4.98 Å². The van der Waals surface area contributed by atoms with E-state index < -0.39 is 0 Å². The van der Waals surface area contributed by atoms with E-state index in [1.165, 1.54) is 6.21 Å². The molecule has 0 unspecified atom stereocenters. The molecule has 0 fully saturated rings. The van der Waals surface area contributed by atoms with Crippen LogP contribution in [0.25, 0.3) is 22.2 Å². The van der Waals surface area contributed by atoms with Crippen molar-refractivity contribution < 1.29 is 0 Å². The van der Waals surface area contributed by atoms with Crippen molar-refractivity contribution in [1.82, 2.24) is 9.97 Å². The van der Waals surface area contributed by atoms with Gasteiger partial charge in [0.15, 0.2) is 0 Å². The van der Waals surface area contributed by atoms with E-state index in [4.69, 9.17) is 5.41 Å². The Bertz CT molecular complexity index is 728. The number of hydrogen-bond donors (Lipinski definition) is 2. The van der Waals surface area contributed by atoms with Gasteiger partial charge >= 0.3 is 0 Å². The highest BCUT2D eigenvalue weighted by Crippen LogP contribution is 2.29. The summed E-state index contributed by atoms with van der Waals surface area (Å²) in [6.45, 7) is 2.09. The standard InChI is InChI=1S/C17H17N3/c1-2-12(11-18)15-10-14-8-9-19-16(17(14)20-15)13-6-4-3-5-7-13/h3-12,18,20H,2H2,1H3/t12-/m1/s1. The van der Waals surface area contributed by atoms with Crippen molar-refractivity contribution >= 4 is 17.1 Å². The lowest BCUT2D eigenvalue weighted by atomic mass is 10.0. The van der Waals surface area contributed by atoms with Crippen molar-refractivity contribution in [3.8, 4) is 11.3 Å². The van der Waals surface area contributed by atoms with E-state index in [9.17, 15) is 0 Å². The van der Waals surface area contributed by atoms with Gasteiger partial charge in [0.25, 0.3) is 0 Å². The summed E-state index contributed by atoms with van der Waals surface area (Å²) in [5.74, 6) is 0.144. The van der Waals surface area contributed by atoms with Crippen LogP contribution < -0.4 is 0 Å². The molecule has 0 spiro atoms. The van der Waals surface area contributed by atoms with Gasteiger partial charge in [-0.2, -0.15) is 0 Å². The molecule has 3 aromatic rings. The van der Waals surface area contributed by atoms with Crippen molar-refractivity contribution in [2.45, 2.75) is 19.3 Å². The van der Waals surface area contributed by atoms with Crippen LogP contribution in [0.1, 0.15) is 25.0 Å². The lowest BCUT2D eigenvalue weighted by Crippen LogP contribution is -1.97. The maximum Gasteiger partial charge on any atom is 0.0942 e. The first-order valence-corrected chi connectivity index (χ1v) is 6.87. The highest BCUT2D eigenvalue weighted by atomic mass is 14.8. The summed E-state index contributed by atoms with van der Waals surface area (Å²) >= 11 is 0. The Hall–Kier alpha value is -2.42. The molecule has 2 N–H and O–H groups in total. The zero-order chi connectivity index (χ0) is 13.9. The Kier molecular flexibility index (Phi) is 3.33. The highest BCUT2D eigenvalue weighted by molar-refractivity contribution is 5.93. The summed E-state index contributed by atoms with van der Waals surface area (Å²) in [4.78, 5) is 7.96. The van der Waals surface area contributed by atoms with Gasteiger partial charge in [-0.1, -0.05) is 37.3 Å². The van der Waals surface area contributed by atoms with Gasteiger partial charge in [-0.15, -0.1) is 0 Å². The molecule has 2 aromatic heterocycles. The number of nitrogens with zero attached hydrogens (tertiary/aromatic N) is 1. The topological polar surface area (TPSA) is 52.5 Å². The normalized spacial score (nSPS) is 12.4. The smallest absolute Gasteiger partial charge is 0.0942 e. The average molecular weight is 263 g/mol. The van der Waals surface area contributed by atoms with E-state index in [0.29, 0.717) is 0 Å². The average Bonchev–Trinajstić information content (AvgIpc) is 2.93. The van der Waals surface area contributed by atoms with Gasteiger partial charge in [0.05, 0.1) is 11.2 Å². The van der Waals surface area contributed by atoms with Crippen molar-refractivity contribution in [3.05, 3.63) is 54.4 Å². The third kappa shape index (κ3) is 2.11. The molecular weight excluding hydrogens is 246 g/mol. The van der Waals surface area contributed by atoms with Gasteiger partial charge in [0, 0.05) is 35.0 Å². The second-order valence-corrected chi connectivity index (χ2v) is 4.90. The number of fused-ring (bicyclic) bond motifs is 1. The highest BCUT2D eigenvalue weighted by Gasteiger charge is 2.12. The molecule has 3 rings (SSSR count). The molecule has 0 amide bonds. The minimum absolute atomic E-state index is 0.144. The predicted octanol–water partition coefficient (Wildman–Crippen LogP) is 4.37. The van der Waals surface area contributed by atoms with E-state index in [-0.39, 0.29) is 5.92 Å². The Morgan fingerprint density at radius 3 is 2.75 bits per heavy atom. The van der Waals surface area contributed by atoms with Crippen LogP contribution in [-0.2, 0) is 0 Å². The molecule has 0 aliphatic heterocycles. The van der Waals surface area contributed by atoms with Gasteiger partial charge in [-0.25, -0.2) is 0 Å². The number of benzene rings is 1. The third-order valence-corrected chi connectivity index (χ3v) is 3.65. The molecular formula is C17H17N3. The molecule has 0 aliphatic rings. The van der Waals surface area contributed by atoms with Crippen molar-refractivity contribution in [1.29, 1.82) is 5.41 Å². The lowest BCUT2D eigenvalue weighted by molar-refractivity contribution is 0.832. The molecule has 2 heterocycles. The number of H-pyrrole nitrogens is 1. The number of aromatic amines is 1. The molecule has 3 nitrogen and oxygen atoms in total. The largest absolute Gasteiger partial charge is 0.356 e. The number of nitrogens with one attached hydrogen (secondary N) is 2. The van der Waals surface area contributed by atoms with Crippen LogP contribution in [0.5, 0.6) is 0 Å². The molecule has 0 aliphatic carbocycles. The Morgan fingerprint density at radius 2 is 2.05 bits per heavy atom. The minimum Gasteiger partial charge on any atom is -0.356 e. The molecule has 1 aromatic carbocycles. The maximum atomic E-state index is 7.53. The molecule has 0 saturated heterocycles. The van der Waals surface area contributed by atoms with E-state index >= 15 is 0 Å². The van der Waals surface area contributed by atoms with Gasteiger partial charge < -0.3 is 10.4 Å². The number of aromatic nitrogens is 2. The van der Waals surface area contributed by atoms with Crippen molar-refractivity contribution in [2.24, 2.45) is 0 Å². The molecule has 1 atom stereocenters. The number of rotatable bonds is 4. The first-order chi connectivity index (χ1) is 9.83. The Labute approximate surface area is 118 Å². The zero-order valence-electron chi connectivity index (χ0n) is 11.4. The number of hydrogen-bond acceptors (Lipinski definition) is 2. The SMILES string of the molecule is CC[C@H](C=N)c1cc2ccnc(-c3ccccc3)c2[nH]1. The van der Waals surface area contributed by atoms with Crippen molar-refractivity contribution in [3.63, 3.8) is 0 Å². The van der Waals surface area contributed by atoms with Crippen LogP contribution in [0.2, 0.25) is 0 Å². The summed E-state index contributed by atoms with van der Waals surface area (Å²) in [5, 5.41) is 8.68. The summed E-state index contributed by atoms with van der Waals surface area (Å²) in [7, 11) is 0.